The summed E-state index contributed by atoms with van der Waals surface area (Å²) in [5.41, 5.74) is 11.7. The van der Waals surface area contributed by atoms with Crippen LogP contribution in [0.1, 0.15) is 32.9 Å². The summed E-state index contributed by atoms with van der Waals surface area (Å²) in [6.07, 6.45) is 1.48. The van der Waals surface area contributed by atoms with E-state index in [1.165, 1.54) is 22.7 Å². The number of hydrogen-bond donors (Lipinski definition) is 2. The first-order valence-corrected chi connectivity index (χ1v) is 14.9. The van der Waals surface area contributed by atoms with Crippen molar-refractivity contribution >= 4 is 61.8 Å². The number of aryl methyl sites for hydroxylation is 1. The Morgan fingerprint density at radius 1 is 1.34 bits per heavy atom. The van der Waals surface area contributed by atoms with Gasteiger partial charge in [-0.1, -0.05) is 53.0 Å². The minimum Gasteiger partial charge on any atom is -0.493 e. The summed E-state index contributed by atoms with van der Waals surface area (Å²) in [7, 11) is 1.56. The van der Waals surface area contributed by atoms with Crippen LogP contribution in [0.3, 0.4) is 0 Å². The largest absolute Gasteiger partial charge is 0.493 e. The smallest absolute Gasteiger partial charge is 0.293 e. The van der Waals surface area contributed by atoms with E-state index in [0.29, 0.717) is 39.6 Å². The average Bonchev–Trinajstić information content (AvgIpc) is 3.73. The van der Waals surface area contributed by atoms with Crippen molar-refractivity contribution in [2.45, 2.75) is 19.3 Å². The molecule has 3 heterocycles. The fourth-order valence-corrected chi connectivity index (χ4v) is 6.32. The van der Waals surface area contributed by atoms with Crippen LogP contribution in [0.4, 0.5) is 5.82 Å². The standard InChI is InChI=1S/C25H24BrN9O4S2/c1-14-5-3-4-6-16(14)12-38-21-17(26)9-15(10-19(21)37-2)11-29-31-24(36)20-18(13-41-25-28-7-8-40-25)35(34-30-20)23-22(27)32-39-33-23/h3-6,9-11H,7-8,12-13H2,1-2H3,(H2,27,32)(H,31,36)/b29-11+. The van der Waals surface area contributed by atoms with Crippen LogP contribution in [-0.4, -0.2) is 61.2 Å². The molecule has 0 aliphatic carbocycles. The summed E-state index contributed by atoms with van der Waals surface area (Å²) < 4.78 is 19.2. The summed E-state index contributed by atoms with van der Waals surface area (Å²) in [5.74, 6) is 1.91. The molecule has 1 aliphatic heterocycles. The Morgan fingerprint density at radius 2 is 2.20 bits per heavy atom. The molecule has 0 bridgehead atoms. The van der Waals surface area contributed by atoms with Gasteiger partial charge in [0, 0.05) is 11.5 Å². The second kappa shape index (κ2) is 13.2. The first-order chi connectivity index (χ1) is 19.9. The van der Waals surface area contributed by atoms with E-state index >= 15 is 0 Å². The third-order valence-electron chi connectivity index (χ3n) is 5.83. The van der Waals surface area contributed by atoms with Crippen LogP contribution in [0.2, 0.25) is 0 Å². The number of nitrogens with two attached hydrogens (primary N) is 1. The Hall–Kier alpha value is -3.89. The number of nitrogens with one attached hydrogen (secondary N) is 1. The fraction of sp³-hybridized carbons (Fsp3) is 0.240. The van der Waals surface area contributed by atoms with E-state index < -0.39 is 5.91 Å². The molecule has 212 valence electrons. The Bertz CT molecular complexity index is 1620. The van der Waals surface area contributed by atoms with Crippen molar-refractivity contribution in [2.75, 3.05) is 25.1 Å². The number of aromatic nitrogens is 5. The molecular weight excluding hydrogens is 634 g/mol. The number of carbonyl (C=O) groups is 1. The highest BCUT2D eigenvalue weighted by molar-refractivity contribution is 9.10. The minimum atomic E-state index is -0.566. The molecule has 0 spiro atoms. The van der Waals surface area contributed by atoms with Crippen molar-refractivity contribution in [3.8, 4) is 17.3 Å². The van der Waals surface area contributed by atoms with Gasteiger partial charge in [0.2, 0.25) is 11.6 Å². The van der Waals surface area contributed by atoms with Gasteiger partial charge in [-0.2, -0.15) is 9.78 Å². The molecule has 3 N–H and O–H groups in total. The van der Waals surface area contributed by atoms with Crippen molar-refractivity contribution in [3.63, 3.8) is 0 Å². The number of carbonyl (C=O) groups excluding carboxylic acids is 1. The first kappa shape index (κ1) is 28.6. The lowest BCUT2D eigenvalue weighted by molar-refractivity contribution is 0.0949. The Labute approximate surface area is 251 Å². The van der Waals surface area contributed by atoms with Gasteiger partial charge in [-0.15, -0.1) is 5.10 Å². The molecule has 0 unspecified atom stereocenters. The zero-order valence-corrected chi connectivity index (χ0v) is 25.1. The van der Waals surface area contributed by atoms with Gasteiger partial charge < -0.3 is 15.2 Å². The molecule has 0 saturated heterocycles. The fourth-order valence-electron chi connectivity index (χ4n) is 3.74. The third kappa shape index (κ3) is 6.71. The number of nitrogens with zero attached hydrogens (tertiary/aromatic N) is 7. The molecule has 13 nitrogen and oxygen atoms in total. The van der Waals surface area contributed by atoms with Crippen LogP contribution >= 0.6 is 39.5 Å². The normalized spacial score (nSPS) is 13.0. The van der Waals surface area contributed by atoms with Crippen LogP contribution < -0.4 is 20.6 Å². The maximum Gasteiger partial charge on any atom is 0.293 e. The van der Waals surface area contributed by atoms with Gasteiger partial charge in [0.15, 0.2) is 17.2 Å². The Kier molecular flexibility index (Phi) is 9.21. The third-order valence-corrected chi connectivity index (χ3v) is 8.68. The number of nitrogen functional groups attached to an aromatic ring is 1. The highest BCUT2D eigenvalue weighted by Gasteiger charge is 2.25. The van der Waals surface area contributed by atoms with Crippen LogP contribution in [0, 0.1) is 6.92 Å². The van der Waals surface area contributed by atoms with E-state index in [9.17, 15) is 4.79 Å². The molecule has 0 fully saturated rings. The number of hydrogen-bond acceptors (Lipinski definition) is 13. The van der Waals surface area contributed by atoms with Crippen LogP contribution in [-0.2, 0) is 12.4 Å². The van der Waals surface area contributed by atoms with Crippen molar-refractivity contribution < 1.29 is 18.9 Å². The SMILES string of the molecule is COc1cc(/C=N/NC(=O)c2nnn(-c3nonc3N)c2CSC2=NCCS2)cc(Br)c1OCc1ccccc1C. The predicted octanol–water partition coefficient (Wildman–Crippen LogP) is 3.99. The summed E-state index contributed by atoms with van der Waals surface area (Å²) in [4.78, 5) is 17.5. The van der Waals surface area contributed by atoms with Crippen molar-refractivity contribution in [1.82, 2.24) is 30.7 Å². The van der Waals surface area contributed by atoms with E-state index in [0.717, 1.165) is 27.8 Å². The van der Waals surface area contributed by atoms with E-state index in [4.69, 9.17) is 19.8 Å². The second-order valence-electron chi connectivity index (χ2n) is 8.50. The summed E-state index contributed by atoms with van der Waals surface area (Å²) >= 11 is 6.67. The number of benzene rings is 2. The number of halogens is 1. The van der Waals surface area contributed by atoms with Gasteiger partial charge >= 0.3 is 0 Å². The summed E-state index contributed by atoms with van der Waals surface area (Å²) in [6.45, 7) is 3.17. The second-order valence-corrected chi connectivity index (χ2v) is 11.7. The highest BCUT2D eigenvalue weighted by atomic mass is 79.9. The lowest BCUT2D eigenvalue weighted by Gasteiger charge is -2.14. The maximum atomic E-state index is 13.1. The predicted molar refractivity (Wildman–Crippen MR) is 161 cm³/mol. The van der Waals surface area contributed by atoms with Gasteiger partial charge in [0.1, 0.15) is 11.0 Å². The molecule has 2 aromatic carbocycles. The van der Waals surface area contributed by atoms with Gasteiger partial charge in [-0.05, 0) is 62.0 Å². The Balaban J connectivity index is 1.30. The first-order valence-electron chi connectivity index (χ1n) is 12.2. The number of ether oxygens (including phenoxy) is 2. The Morgan fingerprint density at radius 3 is 2.93 bits per heavy atom. The number of thioether (sulfide) groups is 2. The molecule has 1 amide bonds. The topological polar surface area (TPSA) is 168 Å². The lowest BCUT2D eigenvalue weighted by Crippen LogP contribution is -2.20. The van der Waals surface area contributed by atoms with Crippen LogP contribution in [0.15, 0.2) is 55.6 Å². The molecule has 0 radical (unpaired) electrons. The van der Waals surface area contributed by atoms with Crippen molar-refractivity contribution in [3.05, 3.63) is 68.9 Å². The monoisotopic (exact) mass is 657 g/mol. The van der Waals surface area contributed by atoms with Crippen molar-refractivity contribution in [1.29, 1.82) is 0 Å². The zero-order valence-electron chi connectivity index (χ0n) is 21.9. The molecule has 0 atom stereocenters. The molecule has 16 heteroatoms. The van der Waals surface area contributed by atoms with Gasteiger partial charge in [0.05, 0.1) is 30.0 Å². The van der Waals surface area contributed by atoms with Crippen LogP contribution in [0.5, 0.6) is 11.5 Å². The molecular formula is C25H24BrN9O4S2. The number of anilines is 1. The van der Waals surface area contributed by atoms with E-state index in [1.807, 2.05) is 37.3 Å². The number of rotatable bonds is 10. The van der Waals surface area contributed by atoms with E-state index in [1.54, 1.807) is 24.9 Å². The average molecular weight is 659 g/mol. The molecule has 1 aliphatic rings. The highest BCUT2D eigenvalue weighted by Crippen LogP contribution is 2.37. The van der Waals surface area contributed by atoms with E-state index in [-0.39, 0.29) is 17.3 Å². The minimum absolute atomic E-state index is 0.0181. The van der Waals surface area contributed by atoms with Gasteiger partial charge in [-0.25, -0.2) is 10.1 Å². The van der Waals surface area contributed by atoms with Gasteiger partial charge in [-0.3, -0.25) is 9.79 Å². The summed E-state index contributed by atoms with van der Waals surface area (Å²) in [6, 6.07) is 11.6. The zero-order chi connectivity index (χ0) is 28.8. The number of methoxy groups -OCH3 is 1. The molecule has 0 saturated carbocycles. The number of amides is 1. The number of aliphatic imine (C=N–C) groups is 1. The number of hydrazone groups is 1. The molecule has 4 aromatic rings. The quantitative estimate of drug-likeness (QED) is 0.187. The molecule has 41 heavy (non-hydrogen) atoms. The maximum absolute atomic E-state index is 13.1. The van der Waals surface area contributed by atoms with Crippen molar-refractivity contribution in [2.24, 2.45) is 10.1 Å². The van der Waals surface area contributed by atoms with E-state index in [2.05, 4.69) is 52.1 Å². The lowest BCUT2D eigenvalue weighted by atomic mass is 10.1. The molecule has 5 rings (SSSR count). The molecule has 2 aromatic heterocycles. The van der Waals surface area contributed by atoms with Gasteiger partial charge in [0.25, 0.3) is 5.91 Å². The van der Waals surface area contributed by atoms with Crippen LogP contribution in [0.25, 0.3) is 5.82 Å². The summed E-state index contributed by atoms with van der Waals surface area (Å²) in [5, 5.41) is 19.6.